The first-order valence-electron chi connectivity index (χ1n) is 15.5. The second-order valence-electron chi connectivity index (χ2n) is 11.6. The number of fused-ring (bicyclic) bond motifs is 2. The van der Waals surface area contributed by atoms with E-state index in [0.717, 1.165) is 22.3 Å². The molecule has 0 aliphatic rings. The van der Waals surface area contributed by atoms with E-state index in [0.29, 0.717) is 0 Å². The van der Waals surface area contributed by atoms with Crippen LogP contribution in [0.2, 0.25) is 0 Å². The van der Waals surface area contributed by atoms with Crippen molar-refractivity contribution in [3.8, 4) is 44.5 Å². The number of hydrogen-bond acceptors (Lipinski definition) is 0. The lowest BCUT2D eigenvalue weighted by Gasteiger charge is -2.16. The highest BCUT2D eigenvalue weighted by atomic mass is 14.2. The Morgan fingerprint density at radius 1 is 0.261 bits per heavy atom. The molecular weight excluding hydrogens is 553 g/mol. The molecule has 46 heavy (non-hydrogen) atoms. The topological polar surface area (TPSA) is 0 Å². The molecule has 0 N–H and O–H groups in total. The zero-order valence-corrected chi connectivity index (χ0v) is 25.8. The first-order chi connectivity index (χ1) is 22.6. The maximum Gasteiger partial charge on any atom is -0.00990 e. The quantitative estimate of drug-likeness (QED) is 0.155. The summed E-state index contributed by atoms with van der Waals surface area (Å²) in [5.74, 6) is 0. The van der Waals surface area contributed by atoms with Gasteiger partial charge in [-0.2, -0.15) is 0 Å². The van der Waals surface area contributed by atoms with Gasteiger partial charge in [0.25, 0.3) is 0 Å². The predicted octanol–water partition coefficient (Wildman–Crippen LogP) is 13.2. The molecule has 0 saturated heterocycles. The summed E-state index contributed by atoms with van der Waals surface area (Å²) < 4.78 is 0. The van der Waals surface area contributed by atoms with Gasteiger partial charge >= 0.3 is 0 Å². The lowest BCUT2D eigenvalue weighted by atomic mass is 9.87. The van der Waals surface area contributed by atoms with Crippen LogP contribution in [0.1, 0.15) is 22.3 Å². The van der Waals surface area contributed by atoms with Crippen molar-refractivity contribution >= 4 is 45.8 Å². The molecule has 0 heterocycles. The first kappa shape index (κ1) is 28.8. The van der Waals surface area contributed by atoms with Crippen LogP contribution in [0.4, 0.5) is 0 Å². The Morgan fingerprint density at radius 2 is 0.457 bits per heavy atom. The van der Waals surface area contributed by atoms with Crippen molar-refractivity contribution in [1.82, 2.24) is 0 Å². The molecule has 0 amide bonds. The Morgan fingerprint density at radius 3 is 0.630 bits per heavy atom. The van der Waals surface area contributed by atoms with Gasteiger partial charge in [-0.25, -0.2) is 0 Å². The van der Waals surface area contributed by atoms with Crippen LogP contribution in [-0.2, 0) is 0 Å². The average Bonchev–Trinajstić information content (AvgIpc) is 3.13. The Hall–Kier alpha value is -5.98. The fourth-order valence-electron chi connectivity index (χ4n) is 6.25. The normalized spacial score (nSPS) is 11.0. The van der Waals surface area contributed by atoms with Gasteiger partial charge in [0.1, 0.15) is 0 Å². The van der Waals surface area contributed by atoms with Crippen LogP contribution < -0.4 is 0 Å². The lowest BCUT2D eigenvalue weighted by Crippen LogP contribution is -1.90. The Bertz CT molecular complexity index is 1930. The molecule has 0 heteroatoms. The molecule has 0 unspecified atom stereocenters. The van der Waals surface area contributed by atoms with E-state index in [1.807, 2.05) is 24.3 Å². The van der Waals surface area contributed by atoms with E-state index < -0.39 is 0 Å². The maximum atomic E-state index is 3.94. The van der Waals surface area contributed by atoms with Crippen LogP contribution in [-0.4, -0.2) is 0 Å². The second kappa shape index (κ2) is 12.2. The van der Waals surface area contributed by atoms with Gasteiger partial charge in [0, 0.05) is 0 Å². The third-order valence-electron chi connectivity index (χ3n) is 8.90. The minimum absolute atomic E-state index is 1.11. The van der Waals surface area contributed by atoms with Crippen molar-refractivity contribution in [3.05, 3.63) is 182 Å². The minimum atomic E-state index is 1.11. The van der Waals surface area contributed by atoms with E-state index in [1.165, 1.54) is 66.1 Å². The van der Waals surface area contributed by atoms with E-state index >= 15 is 0 Å². The molecule has 7 aromatic rings. The van der Waals surface area contributed by atoms with E-state index in [2.05, 4.69) is 160 Å². The molecule has 0 atom stereocenters. The monoisotopic (exact) mass is 586 g/mol. The van der Waals surface area contributed by atoms with Gasteiger partial charge in [0.15, 0.2) is 0 Å². The summed E-state index contributed by atoms with van der Waals surface area (Å²) >= 11 is 0. The summed E-state index contributed by atoms with van der Waals surface area (Å²) in [4.78, 5) is 0. The molecule has 0 aliphatic heterocycles. The van der Waals surface area contributed by atoms with Crippen LogP contribution in [0.15, 0.2) is 160 Å². The second-order valence-corrected chi connectivity index (χ2v) is 11.6. The molecule has 0 spiro atoms. The van der Waals surface area contributed by atoms with Crippen molar-refractivity contribution in [3.63, 3.8) is 0 Å². The number of hydrogen-bond donors (Lipinski definition) is 0. The molecule has 0 aromatic heterocycles. The lowest BCUT2D eigenvalue weighted by molar-refractivity contribution is 1.58. The molecule has 0 radical (unpaired) electrons. The summed E-state index contributed by atoms with van der Waals surface area (Å²) in [5.41, 5.74) is 13.9. The molecular formula is C46H34. The smallest absolute Gasteiger partial charge is 0.00990 e. The van der Waals surface area contributed by atoms with E-state index in [9.17, 15) is 0 Å². The highest BCUT2D eigenvalue weighted by molar-refractivity contribution is 6.06. The van der Waals surface area contributed by atoms with Crippen molar-refractivity contribution in [2.75, 3.05) is 0 Å². The predicted molar refractivity (Wildman–Crippen MR) is 204 cm³/mol. The third kappa shape index (κ3) is 5.42. The minimum Gasteiger partial charge on any atom is -0.0985 e. The van der Waals surface area contributed by atoms with Crippen molar-refractivity contribution < 1.29 is 0 Å². The maximum absolute atomic E-state index is 3.94. The van der Waals surface area contributed by atoms with Crippen molar-refractivity contribution in [2.45, 2.75) is 0 Å². The molecule has 7 rings (SSSR count). The van der Waals surface area contributed by atoms with Crippen molar-refractivity contribution in [1.29, 1.82) is 0 Å². The summed E-state index contributed by atoms with van der Waals surface area (Å²) in [7, 11) is 0. The fourth-order valence-corrected chi connectivity index (χ4v) is 6.25. The molecule has 0 nitrogen and oxygen atoms in total. The molecule has 0 bridgehead atoms. The number of rotatable bonds is 8. The van der Waals surface area contributed by atoms with Gasteiger partial charge in [0.05, 0.1) is 0 Å². The van der Waals surface area contributed by atoms with Crippen LogP contribution in [0.5, 0.6) is 0 Å². The summed E-state index contributed by atoms with van der Waals surface area (Å²) in [6.45, 7) is 15.8. The Kier molecular flexibility index (Phi) is 7.62. The molecule has 7 aromatic carbocycles. The first-order valence-corrected chi connectivity index (χ1v) is 15.5. The summed E-state index contributed by atoms with van der Waals surface area (Å²) in [5, 5.41) is 4.83. The third-order valence-corrected chi connectivity index (χ3v) is 8.90. The van der Waals surface area contributed by atoms with Crippen LogP contribution >= 0.6 is 0 Å². The van der Waals surface area contributed by atoms with E-state index in [-0.39, 0.29) is 0 Å². The van der Waals surface area contributed by atoms with Crippen LogP contribution in [0.25, 0.3) is 90.4 Å². The van der Waals surface area contributed by atoms with Gasteiger partial charge in [-0.15, -0.1) is 0 Å². The van der Waals surface area contributed by atoms with Gasteiger partial charge in [-0.05, 0) is 125 Å². The zero-order valence-electron chi connectivity index (χ0n) is 25.8. The highest BCUT2D eigenvalue weighted by Gasteiger charge is 2.14. The van der Waals surface area contributed by atoms with Crippen LogP contribution in [0, 0.1) is 0 Å². The molecule has 0 fully saturated rings. The Balaban J connectivity index is 1.47. The summed E-state index contributed by atoms with van der Waals surface area (Å²) in [6.07, 6.45) is 7.54. The molecule has 0 saturated carbocycles. The van der Waals surface area contributed by atoms with Gasteiger partial charge in [-0.1, -0.05) is 148 Å². The average molecular weight is 587 g/mol. The van der Waals surface area contributed by atoms with Gasteiger partial charge in [-0.3, -0.25) is 0 Å². The zero-order chi connectivity index (χ0) is 31.6. The Labute approximate surface area is 271 Å². The largest absolute Gasteiger partial charge is 0.0985 e. The highest BCUT2D eigenvalue weighted by Crippen LogP contribution is 2.41. The SMILES string of the molecule is C=Cc1ccc(-c2cc3cc4cc(-c5ccc(C=C)cc5)c(-c5ccc(C=C)cc5)cc4cc3cc2-c2ccc(C=C)cc2)cc1. The standard InChI is InChI=1S/C46H34/c1-5-31-9-17-35(18-10-31)43-27-39-25-41-29-45(37-21-13-33(7-3)14-22-37)46(38-23-15-34(8-4)16-24-38)30-42(41)26-40(39)28-44(43)36-19-11-32(6-2)12-20-36/h5-30H,1-4H2. The fraction of sp³-hybridized carbons (Fsp3) is 0. The van der Waals surface area contributed by atoms with Gasteiger partial charge < -0.3 is 0 Å². The number of benzene rings is 7. The van der Waals surface area contributed by atoms with Gasteiger partial charge in [0.2, 0.25) is 0 Å². The summed E-state index contributed by atoms with van der Waals surface area (Å²) in [6, 6.07) is 48.6. The molecule has 218 valence electrons. The van der Waals surface area contributed by atoms with Crippen molar-refractivity contribution in [2.24, 2.45) is 0 Å². The van der Waals surface area contributed by atoms with E-state index in [4.69, 9.17) is 0 Å². The van der Waals surface area contributed by atoms with E-state index in [1.54, 1.807) is 0 Å². The van der Waals surface area contributed by atoms with Crippen LogP contribution in [0.3, 0.4) is 0 Å². The molecule has 0 aliphatic carbocycles.